The van der Waals surface area contributed by atoms with Crippen molar-refractivity contribution in [3.63, 3.8) is 0 Å². The van der Waals surface area contributed by atoms with E-state index in [1.54, 1.807) is 18.2 Å². The number of rotatable bonds is 7. The Morgan fingerprint density at radius 2 is 1.96 bits per heavy atom. The Morgan fingerprint density at radius 3 is 2.60 bits per heavy atom. The van der Waals surface area contributed by atoms with E-state index in [-0.39, 0.29) is 30.5 Å². The summed E-state index contributed by atoms with van der Waals surface area (Å²) in [5.74, 6) is -0.532. The van der Waals surface area contributed by atoms with E-state index in [9.17, 15) is 14.6 Å². The zero-order chi connectivity index (χ0) is 18.4. The second-order valence-electron chi connectivity index (χ2n) is 6.40. The van der Waals surface area contributed by atoms with Crippen molar-refractivity contribution in [2.24, 2.45) is 11.5 Å². The van der Waals surface area contributed by atoms with Crippen LogP contribution in [0.5, 0.6) is 0 Å². The van der Waals surface area contributed by atoms with Gasteiger partial charge in [0.1, 0.15) is 5.78 Å². The third-order valence-electron chi connectivity index (χ3n) is 4.38. The minimum atomic E-state index is -1.11. The molecule has 1 aromatic rings. The van der Waals surface area contributed by atoms with E-state index in [2.05, 4.69) is 0 Å². The van der Waals surface area contributed by atoms with Crippen LogP contribution in [0.3, 0.4) is 0 Å². The molecule has 1 aliphatic heterocycles. The summed E-state index contributed by atoms with van der Waals surface area (Å²) in [5, 5.41) is 10.2. The Hall–Kier alpha value is -1.80. The van der Waals surface area contributed by atoms with Gasteiger partial charge in [-0.1, -0.05) is 24.3 Å². The Balaban J connectivity index is 2.06. The van der Waals surface area contributed by atoms with Crippen LogP contribution >= 0.6 is 0 Å². The molecule has 0 saturated carbocycles. The van der Waals surface area contributed by atoms with Crippen molar-refractivity contribution >= 4 is 18.7 Å². The van der Waals surface area contributed by atoms with E-state index in [1.165, 1.54) is 6.92 Å². The van der Waals surface area contributed by atoms with Gasteiger partial charge in [0.2, 0.25) is 0 Å². The summed E-state index contributed by atoms with van der Waals surface area (Å²) >= 11 is 0. The number of allylic oxidation sites excluding steroid dienone is 1. The first-order valence-corrected chi connectivity index (χ1v) is 8.49. The number of hydrogen-bond donors (Lipinski definition) is 3. The largest absolute Gasteiger partial charge is 0.462 e. The third-order valence-corrected chi connectivity index (χ3v) is 4.38. The smallest absolute Gasteiger partial charge is 0.427 e. The molecule has 1 heterocycles. The average molecular weight is 344 g/mol. The summed E-state index contributed by atoms with van der Waals surface area (Å²) in [5.41, 5.74) is 13.7. The fourth-order valence-corrected chi connectivity index (χ4v) is 3.00. The highest BCUT2D eigenvalue weighted by molar-refractivity contribution is 6.46. The summed E-state index contributed by atoms with van der Waals surface area (Å²) in [4.78, 5) is 23.8. The molecule has 0 unspecified atom stereocenters. The number of Topliss-reactive ketones (excluding diaryl/α,β-unsaturated/α-hetero) is 2. The van der Waals surface area contributed by atoms with E-state index < -0.39 is 12.9 Å². The number of benzene rings is 1. The van der Waals surface area contributed by atoms with Gasteiger partial charge >= 0.3 is 7.12 Å². The SMILES string of the molecule is CC(=O)C[C@H]1CC=C[C@H](CC(=O)c2ccc(CN)c(CN)c2)B(O)O1. The van der Waals surface area contributed by atoms with Gasteiger partial charge in [0, 0.05) is 37.3 Å². The van der Waals surface area contributed by atoms with Crippen molar-refractivity contribution in [2.45, 2.75) is 51.2 Å². The lowest BCUT2D eigenvalue weighted by Crippen LogP contribution is -2.30. The van der Waals surface area contributed by atoms with E-state index in [1.807, 2.05) is 12.1 Å². The molecule has 25 heavy (non-hydrogen) atoms. The summed E-state index contributed by atoms with van der Waals surface area (Å²) < 4.78 is 5.54. The van der Waals surface area contributed by atoms with Gasteiger partial charge in [0.25, 0.3) is 0 Å². The highest BCUT2D eigenvalue weighted by Crippen LogP contribution is 2.26. The quantitative estimate of drug-likeness (QED) is 0.391. The molecule has 2 atom stereocenters. The summed E-state index contributed by atoms with van der Waals surface area (Å²) in [7, 11) is -1.11. The second kappa shape index (κ2) is 9.06. The lowest BCUT2D eigenvalue weighted by molar-refractivity contribution is -0.118. The van der Waals surface area contributed by atoms with Crippen LogP contribution in [0.25, 0.3) is 0 Å². The van der Waals surface area contributed by atoms with Crippen molar-refractivity contribution in [1.29, 1.82) is 0 Å². The Labute approximate surface area is 148 Å². The van der Waals surface area contributed by atoms with Crippen LogP contribution in [-0.4, -0.2) is 29.8 Å². The molecule has 1 aromatic carbocycles. The average Bonchev–Trinajstić information content (AvgIpc) is 2.75. The van der Waals surface area contributed by atoms with E-state index >= 15 is 0 Å². The van der Waals surface area contributed by atoms with Gasteiger partial charge in [-0.3, -0.25) is 9.59 Å². The molecule has 0 fully saturated rings. The van der Waals surface area contributed by atoms with Crippen molar-refractivity contribution in [1.82, 2.24) is 0 Å². The first-order chi connectivity index (χ1) is 11.9. The fraction of sp³-hybridized carbons (Fsp3) is 0.444. The van der Waals surface area contributed by atoms with Gasteiger partial charge < -0.3 is 21.1 Å². The van der Waals surface area contributed by atoms with Crippen LogP contribution in [0.15, 0.2) is 30.4 Å². The molecule has 7 heteroatoms. The normalized spacial score (nSPS) is 20.4. The van der Waals surface area contributed by atoms with Gasteiger partial charge in [-0.2, -0.15) is 0 Å². The molecule has 134 valence electrons. The number of carbonyl (C=O) groups is 2. The molecule has 5 N–H and O–H groups in total. The Morgan fingerprint density at radius 1 is 1.24 bits per heavy atom. The Bertz CT molecular complexity index is 662. The van der Waals surface area contributed by atoms with E-state index in [4.69, 9.17) is 16.1 Å². The van der Waals surface area contributed by atoms with Crippen LogP contribution < -0.4 is 11.5 Å². The summed E-state index contributed by atoms with van der Waals surface area (Å²) in [6, 6.07) is 5.31. The first-order valence-electron chi connectivity index (χ1n) is 8.49. The third kappa shape index (κ3) is 5.34. The number of nitrogens with two attached hydrogens (primary N) is 2. The van der Waals surface area contributed by atoms with Crippen molar-refractivity contribution in [3.05, 3.63) is 47.0 Å². The van der Waals surface area contributed by atoms with E-state index in [0.29, 0.717) is 25.1 Å². The molecular formula is C18H25BN2O4. The predicted molar refractivity (Wildman–Crippen MR) is 96.8 cm³/mol. The van der Waals surface area contributed by atoms with Crippen molar-refractivity contribution < 1.29 is 19.3 Å². The summed E-state index contributed by atoms with van der Waals surface area (Å²) in [6.45, 7) is 2.18. The van der Waals surface area contributed by atoms with Gasteiger partial charge in [-0.25, -0.2) is 0 Å². The number of hydrogen-bond acceptors (Lipinski definition) is 6. The van der Waals surface area contributed by atoms with Crippen LogP contribution in [0.2, 0.25) is 5.82 Å². The topological polar surface area (TPSA) is 116 Å². The molecular weight excluding hydrogens is 319 g/mol. The highest BCUT2D eigenvalue weighted by Gasteiger charge is 2.32. The lowest BCUT2D eigenvalue weighted by atomic mass is 9.69. The van der Waals surface area contributed by atoms with Crippen LogP contribution in [0, 0.1) is 0 Å². The molecule has 0 spiro atoms. The first kappa shape index (κ1) is 19.5. The maximum Gasteiger partial charge on any atom is 0.462 e. The molecule has 0 aromatic heterocycles. The second-order valence-corrected chi connectivity index (χ2v) is 6.40. The van der Waals surface area contributed by atoms with Crippen molar-refractivity contribution in [2.75, 3.05) is 0 Å². The van der Waals surface area contributed by atoms with Crippen molar-refractivity contribution in [3.8, 4) is 0 Å². The number of carbonyl (C=O) groups excluding carboxylic acids is 2. The van der Waals surface area contributed by atoms with Gasteiger partial charge in [-0.05, 0) is 30.5 Å². The molecule has 0 radical (unpaired) electrons. The molecule has 0 amide bonds. The maximum atomic E-state index is 12.6. The molecule has 2 rings (SSSR count). The molecule has 1 aliphatic rings. The lowest BCUT2D eigenvalue weighted by Gasteiger charge is -2.19. The van der Waals surface area contributed by atoms with Crippen LogP contribution in [0.4, 0.5) is 0 Å². The maximum absolute atomic E-state index is 12.6. The monoisotopic (exact) mass is 344 g/mol. The zero-order valence-corrected chi connectivity index (χ0v) is 14.5. The standard InChI is InChI=1S/C18H25BN2O4/c1-12(22)7-17-4-2-3-16(19(24)25-17)9-18(23)13-5-6-14(10-20)15(8-13)11-21/h2-3,5-6,8,16-17,24H,4,7,9-11,20-21H2,1H3/t16-,17-/m1/s1. The molecule has 0 aliphatic carbocycles. The number of ketones is 2. The zero-order valence-electron chi connectivity index (χ0n) is 14.5. The minimum Gasteiger partial charge on any atom is -0.427 e. The fourth-order valence-electron chi connectivity index (χ4n) is 3.00. The molecule has 0 saturated heterocycles. The van der Waals surface area contributed by atoms with E-state index in [0.717, 1.165) is 11.1 Å². The van der Waals surface area contributed by atoms with Crippen LogP contribution in [0.1, 0.15) is 47.7 Å². The molecule has 6 nitrogen and oxygen atoms in total. The highest BCUT2D eigenvalue weighted by atomic mass is 16.5. The van der Waals surface area contributed by atoms with Gasteiger partial charge in [0.05, 0.1) is 6.10 Å². The minimum absolute atomic E-state index is 0.00874. The molecule has 0 bridgehead atoms. The van der Waals surface area contributed by atoms with Crippen LogP contribution in [-0.2, 0) is 22.5 Å². The van der Waals surface area contributed by atoms with Gasteiger partial charge in [0.15, 0.2) is 5.78 Å². The Kier molecular flexibility index (Phi) is 7.07. The van der Waals surface area contributed by atoms with Gasteiger partial charge in [-0.15, -0.1) is 0 Å². The predicted octanol–water partition coefficient (Wildman–Crippen LogP) is 1.35. The summed E-state index contributed by atoms with van der Waals surface area (Å²) in [6.07, 6.45) is 4.23.